The summed E-state index contributed by atoms with van der Waals surface area (Å²) in [6, 6.07) is 13.5. The number of rotatable bonds is 5. The first-order valence-corrected chi connectivity index (χ1v) is 7.61. The largest absolute Gasteiger partial charge is 0.497 e. The number of benzene rings is 2. The Labute approximate surface area is 141 Å². The average molecular weight is 327 g/mol. The maximum Gasteiger partial charge on any atom is 0.319 e. The summed E-state index contributed by atoms with van der Waals surface area (Å²) in [4.78, 5) is 24.4. The molecule has 0 atom stereocenters. The fourth-order valence-corrected chi connectivity index (χ4v) is 2.11. The van der Waals surface area contributed by atoms with Crippen LogP contribution in [0.4, 0.5) is 16.2 Å². The second-order valence-corrected chi connectivity index (χ2v) is 5.48. The molecule has 0 unspecified atom stereocenters. The van der Waals surface area contributed by atoms with Crippen molar-refractivity contribution in [2.75, 3.05) is 17.7 Å². The van der Waals surface area contributed by atoms with Gasteiger partial charge in [-0.25, -0.2) is 4.79 Å². The number of carbonyl (C=O) groups is 2. The van der Waals surface area contributed by atoms with Crippen LogP contribution in [0.3, 0.4) is 0 Å². The first-order chi connectivity index (χ1) is 11.5. The molecule has 6 heteroatoms. The fourth-order valence-electron chi connectivity index (χ4n) is 2.11. The predicted molar refractivity (Wildman–Crippen MR) is 94.7 cm³/mol. The normalized spacial score (nSPS) is 10.2. The van der Waals surface area contributed by atoms with Crippen molar-refractivity contribution < 1.29 is 14.3 Å². The smallest absolute Gasteiger partial charge is 0.319 e. The highest BCUT2D eigenvalue weighted by atomic mass is 16.5. The van der Waals surface area contributed by atoms with Crippen molar-refractivity contribution in [3.05, 3.63) is 54.1 Å². The predicted octanol–water partition coefficient (Wildman–Crippen LogP) is 3.48. The molecule has 0 radical (unpaired) electrons. The molecule has 126 valence electrons. The van der Waals surface area contributed by atoms with Crippen molar-refractivity contribution in [1.29, 1.82) is 0 Å². The van der Waals surface area contributed by atoms with E-state index in [0.29, 0.717) is 22.7 Å². The summed E-state index contributed by atoms with van der Waals surface area (Å²) in [7, 11) is 1.56. The van der Waals surface area contributed by atoms with E-state index < -0.39 is 0 Å². The van der Waals surface area contributed by atoms with Crippen LogP contribution >= 0.6 is 0 Å². The number of ether oxygens (including phenoxy) is 1. The monoisotopic (exact) mass is 327 g/mol. The Balaban J connectivity index is 2.15. The van der Waals surface area contributed by atoms with Crippen molar-refractivity contribution in [2.24, 2.45) is 0 Å². The molecule has 6 nitrogen and oxygen atoms in total. The summed E-state index contributed by atoms with van der Waals surface area (Å²) in [6.07, 6.45) is 0. The molecule has 0 spiro atoms. The molecule has 0 bridgehead atoms. The lowest BCUT2D eigenvalue weighted by molar-refractivity contribution is 0.102. The third-order valence-electron chi connectivity index (χ3n) is 3.17. The standard InChI is InChI=1S/C18H21N3O3/c1-12(2)19-18(23)21-16-10-5-4-9-15(16)17(22)20-13-7-6-8-14(11-13)24-3/h4-12H,1-3H3,(H,20,22)(H2,19,21,23). The Morgan fingerprint density at radius 2 is 1.75 bits per heavy atom. The van der Waals surface area contributed by atoms with Crippen molar-refractivity contribution >= 4 is 23.3 Å². The van der Waals surface area contributed by atoms with Gasteiger partial charge >= 0.3 is 6.03 Å². The van der Waals surface area contributed by atoms with E-state index in [-0.39, 0.29) is 18.0 Å². The van der Waals surface area contributed by atoms with E-state index in [4.69, 9.17) is 4.74 Å². The summed E-state index contributed by atoms with van der Waals surface area (Å²) in [5.41, 5.74) is 1.43. The van der Waals surface area contributed by atoms with E-state index in [1.165, 1.54) is 0 Å². The Hall–Kier alpha value is -3.02. The quantitative estimate of drug-likeness (QED) is 0.786. The minimum Gasteiger partial charge on any atom is -0.497 e. The SMILES string of the molecule is COc1cccc(NC(=O)c2ccccc2NC(=O)NC(C)C)c1. The van der Waals surface area contributed by atoms with Crippen molar-refractivity contribution in [3.8, 4) is 5.75 Å². The number of nitrogens with one attached hydrogen (secondary N) is 3. The number of urea groups is 1. The maximum absolute atomic E-state index is 12.5. The van der Waals surface area contributed by atoms with Crippen LogP contribution in [0.15, 0.2) is 48.5 Å². The van der Waals surface area contributed by atoms with Gasteiger partial charge in [0.05, 0.1) is 18.4 Å². The maximum atomic E-state index is 12.5. The molecule has 0 heterocycles. The highest BCUT2D eigenvalue weighted by molar-refractivity contribution is 6.10. The van der Waals surface area contributed by atoms with Gasteiger partial charge in [-0.05, 0) is 38.1 Å². The summed E-state index contributed by atoms with van der Waals surface area (Å²) in [5.74, 6) is 0.333. The molecule has 0 saturated heterocycles. The van der Waals surface area contributed by atoms with Crippen LogP contribution in [0, 0.1) is 0 Å². The van der Waals surface area contributed by atoms with Crippen LogP contribution in [-0.2, 0) is 0 Å². The minimum atomic E-state index is -0.355. The van der Waals surface area contributed by atoms with Crippen LogP contribution in [0.5, 0.6) is 5.75 Å². The Kier molecular flexibility index (Phi) is 5.78. The first kappa shape index (κ1) is 17.3. The van der Waals surface area contributed by atoms with Gasteiger partial charge < -0.3 is 20.7 Å². The van der Waals surface area contributed by atoms with E-state index in [2.05, 4.69) is 16.0 Å². The highest BCUT2D eigenvalue weighted by Gasteiger charge is 2.13. The zero-order valence-corrected chi connectivity index (χ0v) is 13.9. The number of para-hydroxylation sites is 1. The molecule has 0 fully saturated rings. The van der Waals surface area contributed by atoms with E-state index in [9.17, 15) is 9.59 Å². The molecule has 0 saturated carbocycles. The molecule has 0 aromatic heterocycles. The van der Waals surface area contributed by atoms with Gasteiger partial charge in [-0.1, -0.05) is 18.2 Å². The lowest BCUT2D eigenvalue weighted by atomic mass is 10.1. The van der Waals surface area contributed by atoms with E-state index in [1.54, 1.807) is 55.6 Å². The van der Waals surface area contributed by atoms with Gasteiger partial charge in [0.2, 0.25) is 0 Å². The zero-order chi connectivity index (χ0) is 17.5. The van der Waals surface area contributed by atoms with Crippen LogP contribution in [0.2, 0.25) is 0 Å². The third-order valence-corrected chi connectivity index (χ3v) is 3.17. The summed E-state index contributed by atoms with van der Waals surface area (Å²) in [6.45, 7) is 3.72. The number of anilines is 2. The highest BCUT2D eigenvalue weighted by Crippen LogP contribution is 2.20. The van der Waals surface area contributed by atoms with Crippen LogP contribution < -0.4 is 20.7 Å². The van der Waals surface area contributed by atoms with Gasteiger partial charge in [0.1, 0.15) is 5.75 Å². The Morgan fingerprint density at radius 1 is 1.00 bits per heavy atom. The summed E-state index contributed by atoms with van der Waals surface area (Å²) < 4.78 is 5.14. The fraction of sp³-hybridized carbons (Fsp3) is 0.222. The first-order valence-electron chi connectivity index (χ1n) is 7.61. The van der Waals surface area contributed by atoms with Gasteiger partial charge in [-0.15, -0.1) is 0 Å². The number of amides is 3. The van der Waals surface area contributed by atoms with Crippen LogP contribution in [-0.4, -0.2) is 25.1 Å². The molecule has 0 aliphatic rings. The third kappa shape index (κ3) is 4.74. The molecule has 3 amide bonds. The number of hydrogen-bond donors (Lipinski definition) is 3. The molecule has 0 aliphatic carbocycles. The molecule has 2 rings (SSSR count). The average Bonchev–Trinajstić information content (AvgIpc) is 2.54. The van der Waals surface area contributed by atoms with Gasteiger partial charge in [-0.2, -0.15) is 0 Å². The van der Waals surface area contributed by atoms with Crippen molar-refractivity contribution in [3.63, 3.8) is 0 Å². The van der Waals surface area contributed by atoms with Gasteiger partial charge in [0.15, 0.2) is 0 Å². The van der Waals surface area contributed by atoms with Crippen molar-refractivity contribution in [2.45, 2.75) is 19.9 Å². The zero-order valence-electron chi connectivity index (χ0n) is 13.9. The van der Waals surface area contributed by atoms with Gasteiger partial charge in [-0.3, -0.25) is 4.79 Å². The lowest BCUT2D eigenvalue weighted by Gasteiger charge is -2.13. The summed E-state index contributed by atoms with van der Waals surface area (Å²) in [5, 5.41) is 8.22. The number of hydrogen-bond acceptors (Lipinski definition) is 3. The molecule has 2 aromatic carbocycles. The number of carbonyl (C=O) groups excluding carboxylic acids is 2. The van der Waals surface area contributed by atoms with Crippen LogP contribution in [0.1, 0.15) is 24.2 Å². The topological polar surface area (TPSA) is 79.5 Å². The van der Waals surface area contributed by atoms with E-state index in [0.717, 1.165) is 0 Å². The van der Waals surface area contributed by atoms with Gasteiger partial charge in [0.25, 0.3) is 5.91 Å². The molecule has 3 N–H and O–H groups in total. The molecule has 2 aromatic rings. The molecule has 24 heavy (non-hydrogen) atoms. The lowest BCUT2D eigenvalue weighted by Crippen LogP contribution is -2.34. The second-order valence-electron chi connectivity index (χ2n) is 5.48. The molecular formula is C18H21N3O3. The van der Waals surface area contributed by atoms with Gasteiger partial charge in [0, 0.05) is 17.8 Å². The van der Waals surface area contributed by atoms with Crippen molar-refractivity contribution in [1.82, 2.24) is 5.32 Å². The Bertz CT molecular complexity index is 729. The Morgan fingerprint density at radius 3 is 2.46 bits per heavy atom. The number of methoxy groups -OCH3 is 1. The summed E-state index contributed by atoms with van der Waals surface area (Å²) >= 11 is 0. The molecular weight excluding hydrogens is 306 g/mol. The van der Waals surface area contributed by atoms with E-state index >= 15 is 0 Å². The second kappa shape index (κ2) is 8.01. The van der Waals surface area contributed by atoms with E-state index in [1.807, 2.05) is 13.8 Å². The van der Waals surface area contributed by atoms with Crippen LogP contribution in [0.25, 0.3) is 0 Å². The molecule has 0 aliphatic heterocycles. The minimum absolute atomic E-state index is 0.00257.